The summed E-state index contributed by atoms with van der Waals surface area (Å²) in [6.07, 6.45) is 16.1. The van der Waals surface area contributed by atoms with Crippen molar-refractivity contribution in [2.75, 3.05) is 0 Å². The van der Waals surface area contributed by atoms with Crippen LogP contribution in [0.1, 0.15) is 43.8 Å². The van der Waals surface area contributed by atoms with Crippen LogP contribution in [-0.2, 0) is 0 Å². The van der Waals surface area contributed by atoms with Gasteiger partial charge in [0.25, 0.3) is 0 Å². The van der Waals surface area contributed by atoms with Gasteiger partial charge >= 0.3 is 0 Å². The zero-order valence-electron chi connectivity index (χ0n) is 24.2. The van der Waals surface area contributed by atoms with Crippen molar-refractivity contribution in [3.63, 3.8) is 0 Å². The van der Waals surface area contributed by atoms with Gasteiger partial charge in [-0.25, -0.2) is 0 Å². The van der Waals surface area contributed by atoms with Crippen LogP contribution < -0.4 is 0 Å². The van der Waals surface area contributed by atoms with E-state index < -0.39 is 0 Å². The molecule has 4 nitrogen and oxygen atoms in total. The summed E-state index contributed by atoms with van der Waals surface area (Å²) in [6, 6.07) is 24.1. The Morgan fingerprint density at radius 2 is 0.587 bits per heavy atom. The zero-order chi connectivity index (χ0) is 30.1. The first kappa shape index (κ1) is 39.5. The molecule has 8 rings (SSSR count). The number of hydrogen-bond donors (Lipinski definition) is 0. The largest absolute Gasteiger partial charge is 0.260 e. The second-order valence-corrected chi connectivity index (χ2v) is 18.1. The molecule has 0 aromatic carbocycles. The minimum atomic E-state index is 0. The van der Waals surface area contributed by atoms with E-state index in [1.807, 2.05) is 116 Å². The van der Waals surface area contributed by atoms with Crippen molar-refractivity contribution in [1.29, 1.82) is 0 Å². The molecule has 4 unspecified atom stereocenters. The van der Waals surface area contributed by atoms with Crippen LogP contribution in [0.4, 0.5) is 0 Å². The highest BCUT2D eigenvalue weighted by Gasteiger charge is 2.15. The Morgan fingerprint density at radius 1 is 0.348 bits per heavy atom. The van der Waals surface area contributed by atoms with Crippen molar-refractivity contribution in [3.05, 3.63) is 166 Å². The molecule has 4 aliphatic rings. The van der Waals surface area contributed by atoms with E-state index in [1.165, 1.54) is 0 Å². The van der Waals surface area contributed by atoms with Crippen LogP contribution in [0, 0.1) is 0 Å². The van der Waals surface area contributed by atoms with E-state index >= 15 is 0 Å². The number of hydrogen-bond acceptors (Lipinski definition) is 12. The number of pyridine rings is 4. The molecular formula is C32H32N4S10. The smallest absolute Gasteiger partial charge is 0.0765 e. The SMILES string of the molecule is C1=CC(c2ccccn2)SS1.C1=CC(c2ccccn2)SS1.C1=CC(c2ccccn2)SS1.C1=CC(c2ccccn2)SS1.S.S. The molecule has 0 amide bonds. The molecule has 0 saturated carbocycles. The highest BCUT2D eigenvalue weighted by molar-refractivity contribution is 8.79. The third kappa shape index (κ3) is 13.5. The standard InChI is InChI=1S/4C8H7NS2.2H2S/c4*1-2-5-9-7(3-1)8-4-6-10-11-8;;/h4*1-6,8H;2*1H2. The lowest BCUT2D eigenvalue weighted by molar-refractivity contribution is 1.10. The molecule has 0 radical (unpaired) electrons. The first-order chi connectivity index (χ1) is 21.9. The highest BCUT2D eigenvalue weighted by atomic mass is 33.1. The fraction of sp³-hybridized carbons (Fsp3) is 0.125. The molecular weight excluding hydrogens is 761 g/mol. The molecule has 0 N–H and O–H groups in total. The van der Waals surface area contributed by atoms with Gasteiger partial charge in [-0.3, -0.25) is 19.9 Å². The monoisotopic (exact) mass is 792 g/mol. The predicted molar refractivity (Wildman–Crippen MR) is 226 cm³/mol. The quantitative estimate of drug-likeness (QED) is 0.185. The van der Waals surface area contributed by atoms with E-state index in [0.29, 0.717) is 21.0 Å². The lowest BCUT2D eigenvalue weighted by Crippen LogP contribution is -1.88. The van der Waals surface area contributed by atoms with E-state index in [4.69, 9.17) is 0 Å². The lowest BCUT2D eigenvalue weighted by Gasteiger charge is -2.02. The van der Waals surface area contributed by atoms with Gasteiger partial charge in [-0.05, 0) is 70.2 Å². The van der Waals surface area contributed by atoms with Gasteiger partial charge in [0, 0.05) is 24.8 Å². The van der Waals surface area contributed by atoms with Crippen LogP contribution in [0.3, 0.4) is 0 Å². The van der Waals surface area contributed by atoms with Gasteiger partial charge in [0.1, 0.15) is 0 Å². The maximum atomic E-state index is 4.28. The first-order valence-corrected chi connectivity index (χ1v) is 22.6. The Morgan fingerprint density at radius 3 is 0.739 bits per heavy atom. The second-order valence-electron chi connectivity index (χ2n) is 8.78. The van der Waals surface area contributed by atoms with Gasteiger partial charge in [0.05, 0.1) is 43.8 Å². The van der Waals surface area contributed by atoms with Crippen molar-refractivity contribution in [3.8, 4) is 0 Å². The van der Waals surface area contributed by atoms with Crippen molar-refractivity contribution in [1.82, 2.24) is 19.9 Å². The molecule has 46 heavy (non-hydrogen) atoms. The Bertz CT molecular complexity index is 1270. The molecule has 14 heteroatoms. The van der Waals surface area contributed by atoms with Crippen LogP contribution in [0.25, 0.3) is 0 Å². The van der Waals surface area contributed by atoms with Crippen molar-refractivity contribution < 1.29 is 0 Å². The number of aromatic nitrogens is 4. The van der Waals surface area contributed by atoms with E-state index in [0.717, 1.165) is 22.8 Å². The number of rotatable bonds is 4. The Hall–Kier alpha value is -0.940. The summed E-state index contributed by atoms with van der Waals surface area (Å²) < 4.78 is 0. The highest BCUT2D eigenvalue weighted by Crippen LogP contribution is 2.46. The second kappa shape index (κ2) is 23.4. The first-order valence-electron chi connectivity index (χ1n) is 13.5. The zero-order valence-corrected chi connectivity index (χ0v) is 32.8. The average molecular weight is 793 g/mol. The summed E-state index contributed by atoms with van der Waals surface area (Å²) in [4.78, 5) is 17.1. The summed E-state index contributed by atoms with van der Waals surface area (Å²) in [5.41, 5.74) is 4.61. The van der Waals surface area contributed by atoms with E-state index in [-0.39, 0.29) is 27.0 Å². The van der Waals surface area contributed by atoms with Crippen molar-refractivity contribution >= 4 is 113 Å². The summed E-state index contributed by atoms with van der Waals surface area (Å²) in [6.45, 7) is 0. The molecule has 0 bridgehead atoms. The van der Waals surface area contributed by atoms with Gasteiger partial charge in [-0.15, -0.1) is 0 Å². The topological polar surface area (TPSA) is 51.6 Å². The van der Waals surface area contributed by atoms with Crippen LogP contribution in [-0.4, -0.2) is 19.9 Å². The minimum absolute atomic E-state index is 0. The van der Waals surface area contributed by atoms with Gasteiger partial charge in [0.15, 0.2) is 0 Å². The number of nitrogens with zero attached hydrogens (tertiary/aromatic N) is 4. The molecule has 4 aliphatic heterocycles. The van der Waals surface area contributed by atoms with Crippen molar-refractivity contribution in [2.45, 2.75) is 21.0 Å². The van der Waals surface area contributed by atoms with Crippen LogP contribution in [0.5, 0.6) is 0 Å². The third-order valence-electron chi connectivity index (χ3n) is 5.79. The summed E-state index contributed by atoms with van der Waals surface area (Å²) in [5, 5.41) is 10.3. The van der Waals surface area contributed by atoms with Crippen LogP contribution in [0.15, 0.2) is 144 Å². The molecule has 240 valence electrons. The molecule has 4 atom stereocenters. The maximum absolute atomic E-state index is 4.28. The Kier molecular flexibility index (Phi) is 20.1. The summed E-state index contributed by atoms with van der Waals surface area (Å²) >= 11 is 0. The van der Waals surface area contributed by atoms with Crippen LogP contribution in [0.2, 0.25) is 0 Å². The molecule has 4 aromatic heterocycles. The van der Waals surface area contributed by atoms with E-state index in [9.17, 15) is 0 Å². The van der Waals surface area contributed by atoms with Gasteiger partial charge in [0.2, 0.25) is 0 Å². The molecule has 0 fully saturated rings. The molecule has 0 spiro atoms. The van der Waals surface area contributed by atoms with E-state index in [1.54, 1.807) is 43.2 Å². The maximum Gasteiger partial charge on any atom is 0.0765 e. The summed E-state index contributed by atoms with van der Waals surface area (Å²) in [7, 11) is 14.4. The van der Waals surface area contributed by atoms with Gasteiger partial charge in [-0.1, -0.05) is 135 Å². The Balaban J connectivity index is 0.000000165. The van der Waals surface area contributed by atoms with Gasteiger partial charge < -0.3 is 0 Å². The molecule has 4 aromatic rings. The summed E-state index contributed by atoms with van der Waals surface area (Å²) in [5.74, 6) is 0. The average Bonchev–Trinajstić information content (AvgIpc) is 3.96. The Labute approximate surface area is 317 Å². The van der Waals surface area contributed by atoms with Gasteiger partial charge in [-0.2, -0.15) is 27.0 Å². The predicted octanol–water partition coefficient (Wildman–Crippen LogP) is 12.4. The molecule has 0 aliphatic carbocycles. The van der Waals surface area contributed by atoms with E-state index in [2.05, 4.69) is 90.1 Å². The molecule has 0 saturated heterocycles. The lowest BCUT2D eigenvalue weighted by atomic mass is 10.3. The minimum Gasteiger partial charge on any atom is -0.260 e. The van der Waals surface area contributed by atoms with Crippen LogP contribution >= 0.6 is 113 Å². The molecule has 8 heterocycles. The normalized spacial score (nSPS) is 21.4. The fourth-order valence-electron chi connectivity index (χ4n) is 3.68. The fourth-order valence-corrected chi connectivity index (χ4v) is 12.1. The third-order valence-corrected chi connectivity index (χ3v) is 14.9. The van der Waals surface area contributed by atoms with Crippen molar-refractivity contribution in [2.24, 2.45) is 0 Å².